The van der Waals surface area contributed by atoms with Crippen molar-refractivity contribution in [2.75, 3.05) is 11.9 Å². The molecule has 1 aliphatic heterocycles. The van der Waals surface area contributed by atoms with Gasteiger partial charge in [0.15, 0.2) is 11.5 Å². The Balaban J connectivity index is 1.79. The fourth-order valence-corrected chi connectivity index (χ4v) is 2.69. The Morgan fingerprint density at radius 2 is 1.87 bits per heavy atom. The number of para-hydroxylation sites is 3. The number of anilines is 1. The molecule has 4 heteroatoms. The molecule has 0 spiro atoms. The van der Waals surface area contributed by atoms with Crippen LogP contribution in [0, 0.1) is 6.92 Å². The molecule has 0 aliphatic carbocycles. The molecule has 4 nitrogen and oxygen atoms in total. The molecule has 2 aromatic carbocycles. The molecule has 120 valence electrons. The van der Waals surface area contributed by atoms with Gasteiger partial charge in [0.05, 0.1) is 0 Å². The first kappa shape index (κ1) is 15.4. The minimum absolute atomic E-state index is 0.185. The van der Waals surface area contributed by atoms with Gasteiger partial charge in [-0.2, -0.15) is 0 Å². The molecular formula is C19H21NO3. The fraction of sp³-hybridized carbons (Fsp3) is 0.316. The molecule has 1 N–H and O–H groups in total. The number of carbonyl (C=O) groups excluding carboxylic acids is 1. The average Bonchev–Trinajstić information content (AvgIpc) is 2.56. The van der Waals surface area contributed by atoms with Gasteiger partial charge < -0.3 is 14.8 Å². The van der Waals surface area contributed by atoms with Crippen molar-refractivity contribution in [3.8, 4) is 11.5 Å². The molecule has 0 fully saturated rings. The van der Waals surface area contributed by atoms with Crippen molar-refractivity contribution >= 4 is 11.6 Å². The molecule has 0 aromatic heterocycles. The van der Waals surface area contributed by atoms with Gasteiger partial charge in [-0.15, -0.1) is 0 Å². The highest BCUT2D eigenvalue weighted by molar-refractivity contribution is 5.96. The zero-order valence-corrected chi connectivity index (χ0v) is 13.6. The monoisotopic (exact) mass is 311 g/mol. The lowest BCUT2D eigenvalue weighted by Gasteiger charge is -2.26. The largest absolute Gasteiger partial charge is 0.485 e. The normalized spacial score (nSPS) is 16.3. The maximum atomic E-state index is 12.6. The summed E-state index contributed by atoms with van der Waals surface area (Å²) in [5.74, 6) is 1.42. The SMILES string of the molecule is Cc1cccc(C(C)C)c1NC(=O)C1COc2ccccc2O1. The molecule has 1 unspecified atom stereocenters. The number of rotatable bonds is 3. The zero-order valence-electron chi connectivity index (χ0n) is 13.6. The van der Waals surface area contributed by atoms with Crippen LogP contribution in [0.2, 0.25) is 0 Å². The van der Waals surface area contributed by atoms with Crippen LogP contribution in [0.25, 0.3) is 0 Å². The molecule has 0 saturated heterocycles. The Bertz CT molecular complexity index is 724. The summed E-state index contributed by atoms with van der Waals surface area (Å²) in [6, 6.07) is 13.4. The van der Waals surface area contributed by atoms with E-state index in [1.54, 1.807) is 0 Å². The van der Waals surface area contributed by atoms with E-state index in [1.165, 1.54) is 0 Å². The number of amides is 1. The molecular weight excluding hydrogens is 290 g/mol. The number of ether oxygens (including phenoxy) is 2. The third-order valence-electron chi connectivity index (χ3n) is 3.98. The molecule has 1 heterocycles. The van der Waals surface area contributed by atoms with E-state index < -0.39 is 6.10 Å². The molecule has 0 bridgehead atoms. The van der Waals surface area contributed by atoms with Crippen molar-refractivity contribution in [2.24, 2.45) is 0 Å². The van der Waals surface area contributed by atoms with Crippen LogP contribution >= 0.6 is 0 Å². The van der Waals surface area contributed by atoms with E-state index in [-0.39, 0.29) is 12.5 Å². The fourth-order valence-electron chi connectivity index (χ4n) is 2.69. The molecule has 0 saturated carbocycles. The summed E-state index contributed by atoms with van der Waals surface area (Å²) in [5, 5.41) is 3.02. The van der Waals surface area contributed by atoms with Crippen molar-refractivity contribution in [3.05, 3.63) is 53.6 Å². The zero-order chi connectivity index (χ0) is 16.4. The average molecular weight is 311 g/mol. The quantitative estimate of drug-likeness (QED) is 0.935. The van der Waals surface area contributed by atoms with Gasteiger partial charge in [-0.05, 0) is 36.1 Å². The highest BCUT2D eigenvalue weighted by Gasteiger charge is 2.28. The smallest absolute Gasteiger partial charge is 0.269 e. The number of carbonyl (C=O) groups is 1. The van der Waals surface area contributed by atoms with Gasteiger partial charge in [0.25, 0.3) is 5.91 Å². The topological polar surface area (TPSA) is 47.6 Å². The van der Waals surface area contributed by atoms with Crippen LogP contribution < -0.4 is 14.8 Å². The van der Waals surface area contributed by atoms with E-state index in [2.05, 4.69) is 19.2 Å². The van der Waals surface area contributed by atoms with Gasteiger partial charge in [-0.25, -0.2) is 0 Å². The standard InChI is InChI=1S/C19H21NO3/c1-12(2)14-8-6-7-13(3)18(14)20-19(21)17-11-22-15-9-4-5-10-16(15)23-17/h4-10,12,17H,11H2,1-3H3,(H,20,21). The van der Waals surface area contributed by atoms with Gasteiger partial charge in [0.2, 0.25) is 6.10 Å². The number of fused-ring (bicyclic) bond motifs is 1. The van der Waals surface area contributed by atoms with E-state index in [4.69, 9.17) is 9.47 Å². The number of nitrogens with one attached hydrogen (secondary N) is 1. The van der Waals surface area contributed by atoms with Gasteiger partial charge in [-0.3, -0.25) is 4.79 Å². The van der Waals surface area contributed by atoms with Crippen LogP contribution in [0.1, 0.15) is 30.9 Å². The maximum absolute atomic E-state index is 12.6. The second-order valence-electron chi connectivity index (χ2n) is 6.05. The van der Waals surface area contributed by atoms with Crippen LogP contribution in [-0.2, 0) is 4.79 Å². The number of hydrogen-bond donors (Lipinski definition) is 1. The van der Waals surface area contributed by atoms with Crippen molar-refractivity contribution in [2.45, 2.75) is 32.8 Å². The minimum Gasteiger partial charge on any atom is -0.485 e. The second-order valence-corrected chi connectivity index (χ2v) is 6.05. The Kier molecular flexibility index (Phi) is 4.24. The van der Waals surface area contributed by atoms with Crippen LogP contribution in [-0.4, -0.2) is 18.6 Å². The number of aryl methyl sites for hydroxylation is 1. The molecule has 23 heavy (non-hydrogen) atoms. The van der Waals surface area contributed by atoms with Crippen molar-refractivity contribution < 1.29 is 14.3 Å². The molecule has 0 radical (unpaired) electrons. The van der Waals surface area contributed by atoms with Crippen molar-refractivity contribution in [3.63, 3.8) is 0 Å². The molecule has 2 aromatic rings. The van der Waals surface area contributed by atoms with Gasteiger partial charge in [0.1, 0.15) is 6.61 Å². The molecule has 3 rings (SSSR count). The molecule has 1 aliphatic rings. The summed E-state index contributed by atoms with van der Waals surface area (Å²) in [5.41, 5.74) is 3.03. The highest BCUT2D eigenvalue weighted by Crippen LogP contribution is 2.32. The minimum atomic E-state index is -0.649. The third kappa shape index (κ3) is 3.16. The van der Waals surface area contributed by atoms with E-state index in [0.717, 1.165) is 16.8 Å². The third-order valence-corrected chi connectivity index (χ3v) is 3.98. The maximum Gasteiger partial charge on any atom is 0.269 e. The predicted octanol–water partition coefficient (Wildman–Crippen LogP) is 3.90. The van der Waals surface area contributed by atoms with E-state index in [1.807, 2.05) is 49.4 Å². The molecule has 1 amide bonds. The van der Waals surface area contributed by atoms with E-state index in [9.17, 15) is 4.79 Å². The van der Waals surface area contributed by atoms with Crippen LogP contribution in [0.4, 0.5) is 5.69 Å². The first-order valence-electron chi connectivity index (χ1n) is 7.85. The summed E-state index contributed by atoms with van der Waals surface area (Å²) in [7, 11) is 0. The second kappa shape index (κ2) is 6.32. The Labute approximate surface area is 136 Å². The van der Waals surface area contributed by atoms with Gasteiger partial charge in [0, 0.05) is 5.69 Å². The summed E-state index contributed by atoms with van der Waals surface area (Å²) < 4.78 is 11.4. The van der Waals surface area contributed by atoms with Crippen LogP contribution in [0.15, 0.2) is 42.5 Å². The van der Waals surface area contributed by atoms with Crippen LogP contribution in [0.5, 0.6) is 11.5 Å². The van der Waals surface area contributed by atoms with E-state index in [0.29, 0.717) is 17.4 Å². The van der Waals surface area contributed by atoms with Gasteiger partial charge in [-0.1, -0.05) is 44.2 Å². The lowest BCUT2D eigenvalue weighted by molar-refractivity contribution is -0.125. The summed E-state index contributed by atoms with van der Waals surface area (Å²) >= 11 is 0. The Hall–Kier alpha value is -2.49. The lowest BCUT2D eigenvalue weighted by atomic mass is 9.98. The predicted molar refractivity (Wildman–Crippen MR) is 90.3 cm³/mol. The van der Waals surface area contributed by atoms with Crippen molar-refractivity contribution in [1.29, 1.82) is 0 Å². The molecule has 1 atom stereocenters. The van der Waals surface area contributed by atoms with Crippen LogP contribution in [0.3, 0.4) is 0 Å². The van der Waals surface area contributed by atoms with Gasteiger partial charge >= 0.3 is 0 Å². The highest BCUT2D eigenvalue weighted by atomic mass is 16.6. The summed E-state index contributed by atoms with van der Waals surface area (Å²) in [6.45, 7) is 6.43. The van der Waals surface area contributed by atoms with Crippen molar-refractivity contribution in [1.82, 2.24) is 0 Å². The first-order chi connectivity index (χ1) is 11.1. The summed E-state index contributed by atoms with van der Waals surface area (Å²) in [6.07, 6.45) is -0.649. The number of hydrogen-bond acceptors (Lipinski definition) is 3. The summed E-state index contributed by atoms with van der Waals surface area (Å²) in [4.78, 5) is 12.6. The Morgan fingerprint density at radius 3 is 2.61 bits per heavy atom. The first-order valence-corrected chi connectivity index (χ1v) is 7.85. The van der Waals surface area contributed by atoms with E-state index >= 15 is 0 Å². The lowest BCUT2D eigenvalue weighted by Crippen LogP contribution is -2.40. The Morgan fingerprint density at radius 1 is 1.13 bits per heavy atom. The number of benzene rings is 2.